The van der Waals surface area contributed by atoms with Crippen molar-refractivity contribution >= 4 is 35.5 Å². The maximum Gasteiger partial charge on any atom is 0.407 e. The van der Waals surface area contributed by atoms with Crippen LogP contribution in [0, 0.1) is 30.5 Å². The summed E-state index contributed by atoms with van der Waals surface area (Å²) in [5.41, 5.74) is 1.17. The maximum absolute atomic E-state index is 14.6. The van der Waals surface area contributed by atoms with Gasteiger partial charge in [-0.15, -0.1) is 0 Å². The Hall–Kier alpha value is -4.42. The molecule has 2 saturated heterocycles. The largest absolute Gasteiger partial charge is 0.446 e. The van der Waals surface area contributed by atoms with Crippen LogP contribution in [-0.2, 0) is 28.8 Å². The van der Waals surface area contributed by atoms with Gasteiger partial charge in [-0.2, -0.15) is 14.8 Å². The fraction of sp³-hybridized carbons (Fsp3) is 0.590. The van der Waals surface area contributed by atoms with Crippen LogP contribution in [0.25, 0.3) is 5.82 Å². The molecule has 3 aromatic rings. The van der Waals surface area contributed by atoms with Gasteiger partial charge < -0.3 is 35.5 Å². The van der Waals surface area contributed by atoms with Crippen molar-refractivity contribution in [1.29, 1.82) is 0 Å². The molecule has 3 aliphatic carbocycles. The SMILES string of the molecule is CC(=O)NC[C@@H]1C[C@@H]2C[C@H]1[C@]1(C2)OO[C@]2(CCC[C@@H](OC(=O)NC[C@@H](NC(=O)c3cn(-c4nc(NC5CCOCC5)ncc4C)cn3)c3cc(F)cc(Cl)c3)C2)O1. The predicted octanol–water partition coefficient (Wildman–Crippen LogP) is 5.05. The second-order valence-corrected chi connectivity index (χ2v) is 16.4. The molecule has 1 aromatic carbocycles. The van der Waals surface area contributed by atoms with E-state index in [-0.39, 0.29) is 47.5 Å². The number of anilines is 1. The minimum atomic E-state index is -1.06. The molecule has 0 unspecified atom stereocenters. The highest BCUT2D eigenvalue weighted by molar-refractivity contribution is 6.30. The highest BCUT2D eigenvalue weighted by atomic mass is 35.5. The number of aromatic nitrogens is 4. The summed E-state index contributed by atoms with van der Waals surface area (Å²) in [6, 6.07) is 3.20. The fourth-order valence-corrected chi connectivity index (χ4v) is 9.34. The van der Waals surface area contributed by atoms with Gasteiger partial charge in [-0.1, -0.05) is 11.6 Å². The minimum Gasteiger partial charge on any atom is -0.446 e. The van der Waals surface area contributed by atoms with Gasteiger partial charge in [0, 0.05) is 87.4 Å². The Morgan fingerprint density at radius 3 is 2.72 bits per heavy atom. The average Bonchev–Trinajstić information content (AvgIpc) is 3.97. The van der Waals surface area contributed by atoms with Gasteiger partial charge in [-0.05, 0) is 81.0 Å². The normalized spacial score (nSPS) is 28.7. The van der Waals surface area contributed by atoms with Crippen molar-refractivity contribution in [2.75, 3.05) is 31.6 Å². The molecule has 2 aliphatic heterocycles. The molecule has 3 amide bonds. The van der Waals surface area contributed by atoms with Crippen LogP contribution in [0.15, 0.2) is 36.9 Å². The summed E-state index contributed by atoms with van der Waals surface area (Å²) in [5.74, 6) is -1.44. The average molecular weight is 811 g/mol. The van der Waals surface area contributed by atoms with Crippen LogP contribution < -0.4 is 21.3 Å². The lowest BCUT2D eigenvalue weighted by molar-refractivity contribution is -0.365. The Kier molecular flexibility index (Phi) is 11.4. The van der Waals surface area contributed by atoms with Gasteiger partial charge in [0.05, 0.1) is 6.04 Å². The first kappa shape index (κ1) is 39.4. The van der Waals surface area contributed by atoms with E-state index in [0.29, 0.717) is 62.3 Å². The Balaban J connectivity index is 0.897. The quantitative estimate of drug-likeness (QED) is 0.189. The summed E-state index contributed by atoms with van der Waals surface area (Å²) >= 11 is 6.21. The molecule has 8 rings (SSSR count). The third-order valence-electron chi connectivity index (χ3n) is 11.7. The van der Waals surface area contributed by atoms with Crippen molar-refractivity contribution in [1.82, 2.24) is 35.5 Å². The number of aryl methyl sites for hydroxylation is 1. The first-order chi connectivity index (χ1) is 27.4. The van der Waals surface area contributed by atoms with Crippen LogP contribution in [0.2, 0.25) is 5.02 Å². The molecule has 4 heterocycles. The standard InChI is InChI=1S/C39H48ClFN8O8/c1-22-17-43-36(46-29-5-8-53-9-6-29)48-34(22)49-20-33(45-21-49)35(51)47-32(25-12-27(40)14-28(41)13-25)19-44-37(52)54-30-4-3-7-38(16-30)55-39(57-56-38)15-24-10-26(31(39)11-24)18-42-23(2)50/h12-14,17,20-21,24,26,29-32H,3-11,15-16,18-19H2,1-2H3,(H,42,50)(H,44,52)(H,47,51)(H,43,46,48)/t24-,26+,30-,31-,32-,38+,39+/m1/s1. The monoisotopic (exact) mass is 810 g/mol. The van der Waals surface area contributed by atoms with Gasteiger partial charge in [0.15, 0.2) is 0 Å². The van der Waals surface area contributed by atoms with Crippen molar-refractivity contribution in [3.05, 3.63) is 64.6 Å². The molecule has 5 fully saturated rings. The molecule has 2 spiro atoms. The summed E-state index contributed by atoms with van der Waals surface area (Å²) < 4.78 is 34.2. The van der Waals surface area contributed by atoms with Gasteiger partial charge in [-0.3, -0.25) is 14.2 Å². The summed E-state index contributed by atoms with van der Waals surface area (Å²) in [5, 5.41) is 12.0. The Morgan fingerprint density at radius 2 is 1.93 bits per heavy atom. The van der Waals surface area contributed by atoms with E-state index in [4.69, 9.17) is 35.6 Å². The first-order valence-electron chi connectivity index (χ1n) is 19.7. The van der Waals surface area contributed by atoms with Gasteiger partial charge in [0.25, 0.3) is 5.91 Å². The van der Waals surface area contributed by atoms with Gasteiger partial charge in [0.1, 0.15) is 29.8 Å². The predicted molar refractivity (Wildman–Crippen MR) is 201 cm³/mol. The lowest BCUT2D eigenvalue weighted by atomic mass is 9.83. The van der Waals surface area contributed by atoms with Gasteiger partial charge >= 0.3 is 6.09 Å². The molecule has 4 N–H and O–H groups in total. The number of alkyl carbamates (subject to hydrolysis) is 1. The number of nitrogens with zero attached hydrogens (tertiary/aromatic N) is 4. The van der Waals surface area contributed by atoms with E-state index < -0.39 is 41.5 Å². The lowest BCUT2D eigenvalue weighted by Crippen LogP contribution is -2.48. The van der Waals surface area contributed by atoms with E-state index in [1.54, 1.807) is 17.0 Å². The van der Waals surface area contributed by atoms with E-state index in [1.165, 1.54) is 25.4 Å². The van der Waals surface area contributed by atoms with Crippen LogP contribution >= 0.6 is 11.6 Å². The van der Waals surface area contributed by atoms with Crippen LogP contribution in [0.3, 0.4) is 0 Å². The second kappa shape index (κ2) is 16.4. The number of nitrogens with one attached hydrogen (secondary N) is 4. The van der Waals surface area contributed by atoms with E-state index in [0.717, 1.165) is 43.7 Å². The zero-order valence-corrected chi connectivity index (χ0v) is 32.7. The summed E-state index contributed by atoms with van der Waals surface area (Å²) in [4.78, 5) is 63.9. The summed E-state index contributed by atoms with van der Waals surface area (Å²) in [6.07, 6.45) is 9.94. The number of fused-ring (bicyclic) bond motifs is 3. The number of carbonyl (C=O) groups is 3. The highest BCUT2D eigenvalue weighted by Crippen LogP contribution is 2.61. The molecular weight excluding hydrogens is 763 g/mol. The van der Waals surface area contributed by atoms with Gasteiger partial charge in [-0.25, -0.2) is 19.2 Å². The number of ether oxygens (including phenoxy) is 3. The molecule has 306 valence electrons. The van der Waals surface area contributed by atoms with Crippen molar-refractivity contribution in [2.24, 2.45) is 17.8 Å². The number of carbonyl (C=O) groups excluding carboxylic acids is 3. The molecule has 2 bridgehead atoms. The molecule has 2 aromatic heterocycles. The molecular formula is C39H48ClFN8O8. The van der Waals surface area contributed by atoms with Crippen molar-refractivity contribution in [3.8, 4) is 5.82 Å². The third-order valence-corrected chi connectivity index (χ3v) is 12.0. The van der Waals surface area contributed by atoms with Crippen LogP contribution in [0.5, 0.6) is 0 Å². The first-order valence-corrected chi connectivity index (χ1v) is 20.1. The molecule has 5 aliphatic rings. The number of benzene rings is 1. The highest BCUT2D eigenvalue weighted by Gasteiger charge is 2.66. The van der Waals surface area contributed by atoms with Crippen molar-refractivity contribution in [2.45, 2.75) is 101 Å². The number of amides is 3. The molecule has 3 saturated carbocycles. The molecule has 16 nitrogen and oxygen atoms in total. The smallest absolute Gasteiger partial charge is 0.407 e. The van der Waals surface area contributed by atoms with Crippen LogP contribution in [0.4, 0.5) is 15.1 Å². The molecule has 0 radical (unpaired) electrons. The number of imidazole rings is 1. The summed E-state index contributed by atoms with van der Waals surface area (Å²) in [6.45, 7) is 5.13. The van der Waals surface area contributed by atoms with Crippen LogP contribution in [-0.4, -0.2) is 87.4 Å². The van der Waals surface area contributed by atoms with E-state index in [2.05, 4.69) is 36.2 Å². The summed E-state index contributed by atoms with van der Waals surface area (Å²) in [7, 11) is 0. The van der Waals surface area contributed by atoms with E-state index in [1.807, 2.05) is 6.92 Å². The van der Waals surface area contributed by atoms with Crippen LogP contribution in [0.1, 0.15) is 92.4 Å². The molecule has 57 heavy (non-hydrogen) atoms. The topological polar surface area (TPSA) is 189 Å². The van der Waals surface area contributed by atoms with Crippen molar-refractivity contribution < 1.29 is 42.8 Å². The minimum absolute atomic E-state index is 0.0681. The van der Waals surface area contributed by atoms with E-state index >= 15 is 0 Å². The fourth-order valence-electron chi connectivity index (χ4n) is 9.11. The zero-order chi connectivity index (χ0) is 39.7. The Labute approximate surface area is 334 Å². The number of hydrogen-bond donors (Lipinski definition) is 4. The Morgan fingerprint density at radius 1 is 1.09 bits per heavy atom. The Bertz CT molecular complexity index is 1960. The molecule has 18 heteroatoms. The second-order valence-electron chi connectivity index (χ2n) is 16.0. The zero-order valence-electron chi connectivity index (χ0n) is 31.9. The number of halogens is 2. The molecule has 7 atom stereocenters. The lowest BCUT2D eigenvalue weighted by Gasteiger charge is -2.38. The van der Waals surface area contributed by atoms with E-state index in [9.17, 15) is 18.8 Å². The number of hydrogen-bond acceptors (Lipinski definition) is 12. The third kappa shape index (κ3) is 8.87. The van der Waals surface area contributed by atoms with Crippen molar-refractivity contribution in [3.63, 3.8) is 0 Å². The van der Waals surface area contributed by atoms with Gasteiger partial charge in [0.2, 0.25) is 23.4 Å². The maximum atomic E-state index is 14.6. The number of rotatable bonds is 11.